The normalized spacial score (nSPS) is 14.9. The second-order valence-corrected chi connectivity index (χ2v) is 4.21. The fraction of sp³-hybridized carbons (Fsp3) is 0.667. The van der Waals surface area contributed by atoms with Gasteiger partial charge in [0.05, 0.1) is 6.04 Å². The molecule has 0 aliphatic carbocycles. The van der Waals surface area contributed by atoms with Crippen LogP contribution in [0.2, 0.25) is 0 Å². The highest BCUT2D eigenvalue weighted by molar-refractivity contribution is 5.04. The molecule has 0 aliphatic rings. The van der Waals surface area contributed by atoms with Crippen molar-refractivity contribution in [3.05, 3.63) is 23.8 Å². The monoisotopic (exact) mass is 207 g/mol. The number of aromatic nitrogens is 2. The molecule has 1 aromatic heterocycles. The molecule has 0 fully saturated rings. The molecule has 0 saturated heterocycles. The topological polar surface area (TPSA) is 37.8 Å². The van der Waals surface area contributed by atoms with E-state index in [4.69, 9.17) is 0 Å². The molecule has 1 N–H and O–H groups in total. The summed E-state index contributed by atoms with van der Waals surface area (Å²) in [4.78, 5) is 8.73. The summed E-state index contributed by atoms with van der Waals surface area (Å²) in [7, 11) is 1.97. The minimum absolute atomic E-state index is 0.278. The Morgan fingerprint density at radius 3 is 2.40 bits per heavy atom. The van der Waals surface area contributed by atoms with Crippen LogP contribution >= 0.6 is 0 Å². The highest BCUT2D eigenvalue weighted by atomic mass is 15.0. The second kappa shape index (κ2) is 5.81. The number of hydrogen-bond donors (Lipinski definition) is 1. The molecule has 3 nitrogen and oxygen atoms in total. The van der Waals surface area contributed by atoms with Crippen molar-refractivity contribution in [3.8, 4) is 0 Å². The maximum Gasteiger partial charge on any atom is 0.145 e. The van der Waals surface area contributed by atoms with Gasteiger partial charge in [-0.05, 0) is 31.9 Å². The van der Waals surface area contributed by atoms with Crippen molar-refractivity contribution < 1.29 is 0 Å². The lowest BCUT2D eigenvalue weighted by molar-refractivity contribution is 0.408. The first kappa shape index (κ1) is 12.1. The minimum atomic E-state index is 0.278. The van der Waals surface area contributed by atoms with Crippen molar-refractivity contribution in [2.45, 2.75) is 39.7 Å². The molecule has 1 aromatic rings. The molecule has 84 valence electrons. The largest absolute Gasteiger partial charge is 0.310 e. The van der Waals surface area contributed by atoms with Gasteiger partial charge in [0.25, 0.3) is 0 Å². The van der Waals surface area contributed by atoms with Crippen LogP contribution in [0.1, 0.15) is 44.1 Å². The van der Waals surface area contributed by atoms with Crippen LogP contribution in [0.25, 0.3) is 0 Å². The van der Waals surface area contributed by atoms with Crippen LogP contribution in [-0.2, 0) is 0 Å². The summed E-state index contributed by atoms with van der Waals surface area (Å²) in [6, 6.07) is 0.278. The first-order valence-electron chi connectivity index (χ1n) is 5.63. The Morgan fingerprint density at radius 1 is 1.33 bits per heavy atom. The van der Waals surface area contributed by atoms with E-state index in [2.05, 4.69) is 29.1 Å². The fourth-order valence-corrected chi connectivity index (χ4v) is 1.50. The van der Waals surface area contributed by atoms with E-state index in [1.54, 1.807) is 0 Å². The maximum absolute atomic E-state index is 4.36. The van der Waals surface area contributed by atoms with Gasteiger partial charge in [-0.15, -0.1) is 0 Å². The van der Waals surface area contributed by atoms with E-state index in [1.807, 2.05) is 26.4 Å². The summed E-state index contributed by atoms with van der Waals surface area (Å²) >= 11 is 0. The van der Waals surface area contributed by atoms with Crippen LogP contribution < -0.4 is 5.32 Å². The first-order chi connectivity index (χ1) is 7.17. The number of nitrogens with zero attached hydrogens (tertiary/aromatic N) is 2. The highest BCUT2D eigenvalue weighted by Crippen LogP contribution is 2.19. The van der Waals surface area contributed by atoms with Gasteiger partial charge < -0.3 is 5.32 Å². The third kappa shape index (κ3) is 3.59. The zero-order valence-electron chi connectivity index (χ0n) is 10.1. The third-order valence-electron chi connectivity index (χ3n) is 2.80. The smallest absolute Gasteiger partial charge is 0.145 e. The van der Waals surface area contributed by atoms with E-state index < -0.39 is 0 Å². The van der Waals surface area contributed by atoms with Crippen LogP contribution in [0.15, 0.2) is 12.4 Å². The molecule has 2 atom stereocenters. The summed E-state index contributed by atoms with van der Waals surface area (Å²) in [6.07, 6.45) is 6.05. The van der Waals surface area contributed by atoms with Crippen LogP contribution in [0.5, 0.6) is 0 Å². The molecule has 15 heavy (non-hydrogen) atoms. The lowest BCUT2D eigenvalue weighted by Crippen LogP contribution is -2.21. The highest BCUT2D eigenvalue weighted by Gasteiger charge is 2.14. The molecule has 0 bridgehead atoms. The van der Waals surface area contributed by atoms with E-state index in [0.717, 1.165) is 17.8 Å². The van der Waals surface area contributed by atoms with Crippen LogP contribution in [-0.4, -0.2) is 17.0 Å². The number of aryl methyl sites for hydroxylation is 1. The summed E-state index contributed by atoms with van der Waals surface area (Å²) in [5.41, 5.74) is 1.11. The van der Waals surface area contributed by atoms with Crippen molar-refractivity contribution in [1.82, 2.24) is 15.3 Å². The van der Waals surface area contributed by atoms with Gasteiger partial charge in [-0.2, -0.15) is 0 Å². The lowest BCUT2D eigenvalue weighted by Gasteiger charge is -2.18. The molecular weight excluding hydrogens is 186 g/mol. The van der Waals surface area contributed by atoms with Crippen molar-refractivity contribution in [1.29, 1.82) is 0 Å². The Kier molecular flexibility index (Phi) is 4.69. The molecule has 2 unspecified atom stereocenters. The Bertz CT molecular complexity index is 281. The van der Waals surface area contributed by atoms with Crippen molar-refractivity contribution in [2.75, 3.05) is 7.05 Å². The number of rotatable bonds is 5. The Labute approximate surface area is 92.3 Å². The molecule has 0 spiro atoms. The van der Waals surface area contributed by atoms with Gasteiger partial charge in [0, 0.05) is 12.4 Å². The zero-order chi connectivity index (χ0) is 11.3. The predicted molar refractivity (Wildman–Crippen MR) is 62.6 cm³/mol. The van der Waals surface area contributed by atoms with Crippen molar-refractivity contribution >= 4 is 0 Å². The first-order valence-corrected chi connectivity index (χ1v) is 5.63. The van der Waals surface area contributed by atoms with Gasteiger partial charge in [-0.1, -0.05) is 20.3 Å². The third-order valence-corrected chi connectivity index (χ3v) is 2.80. The maximum atomic E-state index is 4.36. The zero-order valence-corrected chi connectivity index (χ0v) is 10.1. The molecule has 0 aromatic carbocycles. The van der Waals surface area contributed by atoms with E-state index in [9.17, 15) is 0 Å². The lowest BCUT2D eigenvalue weighted by atomic mass is 9.99. The fourth-order valence-electron chi connectivity index (χ4n) is 1.50. The average Bonchev–Trinajstić information content (AvgIpc) is 2.27. The molecule has 1 rings (SSSR count). The van der Waals surface area contributed by atoms with Crippen LogP contribution in [0.3, 0.4) is 0 Å². The SMILES string of the molecule is CCC(C)CC(NC)c1ncc(C)cn1. The van der Waals surface area contributed by atoms with E-state index >= 15 is 0 Å². The summed E-state index contributed by atoms with van der Waals surface area (Å²) in [5, 5.41) is 3.28. The molecule has 0 aliphatic heterocycles. The summed E-state index contributed by atoms with van der Waals surface area (Å²) in [6.45, 7) is 6.48. The summed E-state index contributed by atoms with van der Waals surface area (Å²) in [5.74, 6) is 1.61. The molecule has 3 heteroatoms. The Balaban J connectivity index is 2.69. The molecular formula is C12H21N3. The quantitative estimate of drug-likeness (QED) is 0.806. The van der Waals surface area contributed by atoms with Crippen molar-refractivity contribution in [2.24, 2.45) is 5.92 Å². The van der Waals surface area contributed by atoms with E-state index in [-0.39, 0.29) is 6.04 Å². The average molecular weight is 207 g/mol. The number of hydrogen-bond acceptors (Lipinski definition) is 3. The standard InChI is InChI=1S/C12H21N3/c1-5-9(2)6-11(13-4)12-14-7-10(3)8-15-12/h7-9,11,13H,5-6H2,1-4H3. The summed E-state index contributed by atoms with van der Waals surface area (Å²) < 4.78 is 0. The molecule has 0 radical (unpaired) electrons. The second-order valence-electron chi connectivity index (χ2n) is 4.21. The van der Waals surface area contributed by atoms with E-state index in [1.165, 1.54) is 6.42 Å². The van der Waals surface area contributed by atoms with Gasteiger partial charge in [0.2, 0.25) is 0 Å². The minimum Gasteiger partial charge on any atom is -0.310 e. The Hall–Kier alpha value is -0.960. The van der Waals surface area contributed by atoms with Crippen LogP contribution in [0, 0.1) is 12.8 Å². The van der Waals surface area contributed by atoms with E-state index in [0.29, 0.717) is 5.92 Å². The molecule has 0 amide bonds. The van der Waals surface area contributed by atoms with Gasteiger partial charge in [0.15, 0.2) is 0 Å². The van der Waals surface area contributed by atoms with Crippen LogP contribution in [0.4, 0.5) is 0 Å². The number of nitrogens with one attached hydrogen (secondary N) is 1. The molecule has 0 saturated carbocycles. The van der Waals surface area contributed by atoms with Gasteiger partial charge in [0.1, 0.15) is 5.82 Å². The molecule has 1 heterocycles. The Morgan fingerprint density at radius 2 is 1.93 bits per heavy atom. The van der Waals surface area contributed by atoms with Gasteiger partial charge in [-0.3, -0.25) is 0 Å². The van der Waals surface area contributed by atoms with Gasteiger partial charge >= 0.3 is 0 Å². The van der Waals surface area contributed by atoms with Gasteiger partial charge in [-0.25, -0.2) is 9.97 Å². The predicted octanol–water partition coefficient (Wildman–Crippen LogP) is 2.48. The van der Waals surface area contributed by atoms with Crippen molar-refractivity contribution in [3.63, 3.8) is 0 Å².